The van der Waals surface area contributed by atoms with E-state index in [0.717, 1.165) is 5.69 Å². The molecule has 6 heteroatoms. The number of nitrogens with zero attached hydrogens (tertiary/aromatic N) is 4. The van der Waals surface area contributed by atoms with Gasteiger partial charge in [-0.05, 0) is 24.3 Å². The second-order valence-electron chi connectivity index (χ2n) is 3.84. The van der Waals surface area contributed by atoms with Gasteiger partial charge in [0.1, 0.15) is 17.3 Å². The third-order valence-electron chi connectivity index (χ3n) is 2.73. The van der Waals surface area contributed by atoms with Crippen molar-refractivity contribution in [3.63, 3.8) is 0 Å². The van der Waals surface area contributed by atoms with Gasteiger partial charge in [0.05, 0.1) is 23.8 Å². The number of halogens is 1. The third kappa shape index (κ3) is 2.65. The second kappa shape index (κ2) is 5.65. The molecule has 0 bridgehead atoms. The molecule has 0 aliphatic heterocycles. The van der Waals surface area contributed by atoms with Crippen molar-refractivity contribution < 1.29 is 5.11 Å². The highest BCUT2D eigenvalue weighted by Gasteiger charge is 2.14. The summed E-state index contributed by atoms with van der Waals surface area (Å²) >= 11 is 5.93. The highest BCUT2D eigenvalue weighted by atomic mass is 35.5. The first-order valence-corrected chi connectivity index (χ1v) is 5.89. The Morgan fingerprint density at radius 3 is 2.58 bits per heavy atom. The number of rotatable bonds is 3. The quantitative estimate of drug-likeness (QED) is 0.869. The molecule has 1 aromatic carbocycles. The Morgan fingerprint density at radius 1 is 1.32 bits per heavy atom. The number of nitriles is 1. The Kier molecular flexibility index (Phi) is 3.95. The summed E-state index contributed by atoms with van der Waals surface area (Å²) in [6.45, 7) is -0.240. The molecule has 0 radical (unpaired) electrons. The van der Waals surface area contributed by atoms with Crippen LogP contribution in [0.3, 0.4) is 0 Å². The summed E-state index contributed by atoms with van der Waals surface area (Å²) in [5.74, 6) is 0.534. The lowest BCUT2D eigenvalue weighted by Crippen LogP contribution is -2.14. The molecule has 0 aliphatic carbocycles. The van der Waals surface area contributed by atoms with Crippen molar-refractivity contribution in [2.24, 2.45) is 0 Å². The monoisotopic (exact) mass is 274 g/mol. The van der Waals surface area contributed by atoms with Crippen LogP contribution in [0, 0.1) is 11.3 Å². The van der Waals surface area contributed by atoms with E-state index in [1.165, 1.54) is 6.33 Å². The zero-order valence-electron chi connectivity index (χ0n) is 10.2. The van der Waals surface area contributed by atoms with Gasteiger partial charge in [0, 0.05) is 12.7 Å². The van der Waals surface area contributed by atoms with Crippen LogP contribution in [0.15, 0.2) is 30.6 Å². The van der Waals surface area contributed by atoms with Crippen LogP contribution < -0.4 is 4.90 Å². The molecule has 5 nitrogen and oxygen atoms in total. The third-order valence-corrected chi connectivity index (χ3v) is 3.06. The van der Waals surface area contributed by atoms with E-state index >= 15 is 0 Å². The normalized spacial score (nSPS) is 10.0. The summed E-state index contributed by atoms with van der Waals surface area (Å²) in [5.41, 5.74) is 1.89. The fraction of sp³-hybridized carbons (Fsp3) is 0.154. The Hall–Kier alpha value is -2.16. The Labute approximate surface area is 115 Å². The number of hydrogen-bond acceptors (Lipinski definition) is 5. The smallest absolute Gasteiger partial charge is 0.143 e. The number of anilines is 2. The van der Waals surface area contributed by atoms with Gasteiger partial charge in [-0.1, -0.05) is 11.6 Å². The minimum Gasteiger partial charge on any atom is -0.391 e. The molecule has 19 heavy (non-hydrogen) atoms. The second-order valence-corrected chi connectivity index (χ2v) is 4.20. The summed E-state index contributed by atoms with van der Waals surface area (Å²) in [6.07, 6.45) is 1.34. The lowest BCUT2D eigenvalue weighted by Gasteiger charge is -2.20. The molecule has 0 aliphatic rings. The van der Waals surface area contributed by atoms with Gasteiger partial charge in [-0.2, -0.15) is 5.26 Å². The topological polar surface area (TPSA) is 73.0 Å². The lowest BCUT2D eigenvalue weighted by molar-refractivity contribution is 0.281. The molecule has 96 valence electrons. The molecule has 0 fully saturated rings. The summed E-state index contributed by atoms with van der Waals surface area (Å²) in [4.78, 5) is 9.75. The van der Waals surface area contributed by atoms with Crippen LogP contribution in [-0.4, -0.2) is 22.1 Å². The van der Waals surface area contributed by atoms with Crippen molar-refractivity contribution in [3.8, 4) is 6.07 Å². The van der Waals surface area contributed by atoms with Crippen molar-refractivity contribution in [3.05, 3.63) is 46.9 Å². The van der Waals surface area contributed by atoms with Crippen molar-refractivity contribution in [2.75, 3.05) is 11.9 Å². The van der Waals surface area contributed by atoms with Gasteiger partial charge >= 0.3 is 0 Å². The van der Waals surface area contributed by atoms with Crippen LogP contribution in [0.4, 0.5) is 11.5 Å². The highest BCUT2D eigenvalue weighted by molar-refractivity contribution is 6.30. The average molecular weight is 275 g/mol. The Morgan fingerprint density at radius 2 is 2.00 bits per heavy atom. The Balaban J connectivity index is 2.41. The molecular weight excluding hydrogens is 264 g/mol. The number of hydrogen-bond donors (Lipinski definition) is 1. The zero-order valence-corrected chi connectivity index (χ0v) is 11.0. The first kappa shape index (κ1) is 13.3. The minimum absolute atomic E-state index is 0.230. The Bertz CT molecular complexity index is 622. The number of aliphatic hydroxyl groups is 1. The van der Waals surface area contributed by atoms with Gasteiger partial charge in [0.2, 0.25) is 0 Å². The van der Waals surface area contributed by atoms with Crippen LogP contribution in [0.1, 0.15) is 11.1 Å². The summed E-state index contributed by atoms with van der Waals surface area (Å²) < 4.78 is 0. The minimum atomic E-state index is -0.240. The predicted molar refractivity (Wildman–Crippen MR) is 72.2 cm³/mol. The summed E-state index contributed by atoms with van der Waals surface area (Å²) in [6, 6.07) is 9.09. The van der Waals surface area contributed by atoms with Crippen molar-refractivity contribution in [2.45, 2.75) is 6.61 Å². The van der Waals surface area contributed by atoms with E-state index in [2.05, 4.69) is 16.0 Å². The van der Waals surface area contributed by atoms with Crippen LogP contribution in [-0.2, 0) is 6.61 Å². The van der Waals surface area contributed by atoms with Gasteiger partial charge in [0.25, 0.3) is 0 Å². The molecule has 1 heterocycles. The highest BCUT2D eigenvalue weighted by Crippen LogP contribution is 2.28. The van der Waals surface area contributed by atoms with Crippen LogP contribution >= 0.6 is 11.6 Å². The van der Waals surface area contributed by atoms with E-state index in [0.29, 0.717) is 16.9 Å². The van der Waals surface area contributed by atoms with Crippen molar-refractivity contribution in [1.29, 1.82) is 5.26 Å². The fourth-order valence-electron chi connectivity index (χ4n) is 1.69. The van der Waals surface area contributed by atoms with Crippen LogP contribution in [0.25, 0.3) is 0 Å². The SMILES string of the molecule is CN(c1ccc(C#N)cc1)c1ncnc(Cl)c1CO. The summed E-state index contributed by atoms with van der Waals surface area (Å²) in [7, 11) is 1.80. The average Bonchev–Trinajstić information content (AvgIpc) is 2.46. The molecule has 0 saturated heterocycles. The fourth-order valence-corrected chi connectivity index (χ4v) is 1.88. The first-order valence-electron chi connectivity index (χ1n) is 5.51. The van der Waals surface area contributed by atoms with Gasteiger partial charge in [-0.25, -0.2) is 9.97 Å². The molecule has 2 rings (SSSR count). The van der Waals surface area contributed by atoms with Gasteiger partial charge < -0.3 is 10.0 Å². The van der Waals surface area contributed by atoms with Crippen LogP contribution in [0.2, 0.25) is 5.15 Å². The molecule has 1 N–H and O–H groups in total. The molecule has 0 spiro atoms. The van der Waals surface area contributed by atoms with E-state index in [-0.39, 0.29) is 11.8 Å². The summed E-state index contributed by atoms with van der Waals surface area (Å²) in [5, 5.41) is 18.3. The molecular formula is C13H11ClN4O. The van der Waals surface area contributed by atoms with Crippen LogP contribution in [0.5, 0.6) is 0 Å². The number of aliphatic hydroxyl groups excluding tert-OH is 1. The van der Waals surface area contributed by atoms with E-state index in [1.807, 2.05) is 0 Å². The van der Waals surface area contributed by atoms with E-state index in [9.17, 15) is 5.11 Å². The standard InChI is InChI=1S/C13H11ClN4O/c1-18(10-4-2-9(6-15)3-5-10)13-11(7-19)12(14)16-8-17-13/h2-5,8,19H,7H2,1H3. The van der Waals surface area contributed by atoms with Crippen molar-refractivity contribution in [1.82, 2.24) is 9.97 Å². The van der Waals surface area contributed by atoms with Gasteiger partial charge in [-0.3, -0.25) is 0 Å². The number of benzene rings is 1. The maximum Gasteiger partial charge on any atom is 0.143 e. The predicted octanol–water partition coefficient (Wildman–Crippen LogP) is 2.26. The maximum absolute atomic E-state index is 9.34. The molecule has 0 unspecified atom stereocenters. The van der Waals surface area contributed by atoms with E-state index in [1.54, 1.807) is 36.2 Å². The van der Waals surface area contributed by atoms with E-state index < -0.39 is 0 Å². The molecule has 1 aromatic heterocycles. The van der Waals surface area contributed by atoms with Gasteiger partial charge in [0.15, 0.2) is 0 Å². The molecule has 0 saturated carbocycles. The maximum atomic E-state index is 9.34. The van der Waals surface area contributed by atoms with Crippen molar-refractivity contribution >= 4 is 23.1 Å². The first-order chi connectivity index (χ1) is 9.17. The zero-order chi connectivity index (χ0) is 13.8. The molecule has 0 atom stereocenters. The van der Waals surface area contributed by atoms with E-state index in [4.69, 9.17) is 16.9 Å². The molecule has 0 amide bonds. The van der Waals surface area contributed by atoms with Gasteiger partial charge in [-0.15, -0.1) is 0 Å². The molecule has 2 aromatic rings. The lowest BCUT2D eigenvalue weighted by atomic mass is 10.2. The number of aromatic nitrogens is 2. The largest absolute Gasteiger partial charge is 0.391 e.